The highest BCUT2D eigenvalue weighted by Crippen LogP contribution is 2.18. The Bertz CT molecular complexity index is 945. The molecule has 0 saturated heterocycles. The number of rotatable bonds is 8. The third kappa shape index (κ3) is 5.27. The Hall–Kier alpha value is -2.50. The molecule has 2 heterocycles. The molecule has 3 rings (SSSR count). The average molecular weight is 438 g/mol. The van der Waals surface area contributed by atoms with Crippen LogP contribution in [0.3, 0.4) is 0 Å². The summed E-state index contributed by atoms with van der Waals surface area (Å²) in [5.41, 5.74) is 2.05. The number of carbonyl (C=O) groups excluding carboxylic acids is 2. The first-order valence-corrected chi connectivity index (χ1v) is 10.5. The van der Waals surface area contributed by atoms with Gasteiger partial charge < -0.3 is 9.88 Å². The van der Waals surface area contributed by atoms with Crippen molar-refractivity contribution < 1.29 is 9.59 Å². The molecular formula is C16H16ClN7O2S2. The second-order valence-electron chi connectivity index (χ2n) is 5.41. The zero-order chi connectivity index (χ0) is 19.9. The van der Waals surface area contributed by atoms with Gasteiger partial charge >= 0.3 is 0 Å². The van der Waals surface area contributed by atoms with Gasteiger partial charge in [-0.25, -0.2) is 0 Å². The minimum absolute atomic E-state index is 0.162. The van der Waals surface area contributed by atoms with Crippen LogP contribution >= 0.6 is 34.7 Å². The van der Waals surface area contributed by atoms with E-state index in [0.29, 0.717) is 33.2 Å². The number of aromatic nitrogens is 5. The monoisotopic (exact) mass is 437 g/mol. The lowest BCUT2D eigenvalue weighted by atomic mass is 10.2. The Kier molecular flexibility index (Phi) is 6.95. The van der Waals surface area contributed by atoms with Crippen LogP contribution in [-0.2, 0) is 17.9 Å². The zero-order valence-corrected chi connectivity index (χ0v) is 17.1. The number of carbonyl (C=O) groups is 2. The zero-order valence-electron chi connectivity index (χ0n) is 14.8. The average Bonchev–Trinajstić information content (AvgIpc) is 3.34. The largest absolute Gasteiger partial charge is 0.345 e. The Morgan fingerprint density at radius 3 is 2.68 bits per heavy atom. The van der Waals surface area contributed by atoms with Gasteiger partial charge in [0.25, 0.3) is 5.91 Å². The summed E-state index contributed by atoms with van der Waals surface area (Å²) < 4.78 is 1.85. The molecule has 28 heavy (non-hydrogen) atoms. The molecule has 0 unspecified atom stereocenters. The molecule has 12 heteroatoms. The quantitative estimate of drug-likeness (QED) is 0.520. The Balaban J connectivity index is 1.56. The lowest BCUT2D eigenvalue weighted by Crippen LogP contribution is -2.24. The van der Waals surface area contributed by atoms with Gasteiger partial charge in [0.1, 0.15) is 5.51 Å². The van der Waals surface area contributed by atoms with Crippen LogP contribution in [0.5, 0.6) is 0 Å². The van der Waals surface area contributed by atoms with Crippen molar-refractivity contribution in [1.29, 1.82) is 0 Å². The van der Waals surface area contributed by atoms with E-state index in [1.165, 1.54) is 23.1 Å². The van der Waals surface area contributed by atoms with Crippen molar-refractivity contribution >= 4 is 51.6 Å². The number of amides is 2. The number of thioether (sulfide) groups is 1. The first kappa shape index (κ1) is 20.2. The maximum atomic E-state index is 12.2. The molecule has 2 N–H and O–H groups in total. The molecule has 3 aromatic rings. The molecule has 9 nitrogen and oxygen atoms in total. The van der Waals surface area contributed by atoms with E-state index < -0.39 is 0 Å². The molecule has 1 aromatic carbocycles. The van der Waals surface area contributed by atoms with Crippen molar-refractivity contribution in [2.45, 2.75) is 25.2 Å². The summed E-state index contributed by atoms with van der Waals surface area (Å²) in [6.07, 6.45) is 0. The normalized spacial score (nSPS) is 10.6. The molecule has 0 radical (unpaired) electrons. The predicted octanol–water partition coefficient (Wildman–Crippen LogP) is 2.46. The van der Waals surface area contributed by atoms with Crippen molar-refractivity contribution in [1.82, 2.24) is 30.3 Å². The lowest BCUT2D eigenvalue weighted by Gasteiger charge is -2.08. The first-order chi connectivity index (χ1) is 13.6. The molecule has 0 bridgehead atoms. The molecule has 0 aliphatic heterocycles. The Labute approximate surface area is 173 Å². The summed E-state index contributed by atoms with van der Waals surface area (Å²) in [6, 6.07) is 6.62. The molecule has 0 aliphatic carbocycles. The van der Waals surface area contributed by atoms with Crippen LogP contribution in [0, 0.1) is 0 Å². The Morgan fingerprint density at radius 1 is 1.21 bits per heavy atom. The number of halogens is 1. The fraction of sp³-hybridized carbons (Fsp3) is 0.250. The summed E-state index contributed by atoms with van der Waals surface area (Å²) in [4.78, 5) is 24.2. The van der Waals surface area contributed by atoms with E-state index in [2.05, 4.69) is 31.0 Å². The number of benzene rings is 1. The number of nitrogens with zero attached hydrogens (tertiary/aromatic N) is 5. The van der Waals surface area contributed by atoms with Crippen LogP contribution in [0.1, 0.15) is 23.1 Å². The van der Waals surface area contributed by atoms with Gasteiger partial charge in [0.2, 0.25) is 11.0 Å². The topological polar surface area (TPSA) is 115 Å². The van der Waals surface area contributed by atoms with Crippen molar-refractivity contribution in [2.24, 2.45) is 0 Å². The highest BCUT2D eigenvalue weighted by molar-refractivity contribution is 7.99. The third-order valence-electron chi connectivity index (χ3n) is 3.56. The first-order valence-electron chi connectivity index (χ1n) is 8.21. The fourth-order valence-electron chi connectivity index (χ4n) is 2.25. The molecule has 0 fully saturated rings. The molecule has 0 saturated carbocycles. The van der Waals surface area contributed by atoms with Gasteiger partial charge in [0.05, 0.1) is 12.3 Å². The number of nitrogens with one attached hydrogen (secondary N) is 2. The standard InChI is InChI=1S/C16H16ClN7O2S2/c1-2-24-12(7-18-14(26)10-3-5-11(17)6-4-10)21-23-16(24)27-8-13(25)20-15-22-19-9-28-15/h3-6,9H,2,7-8H2,1H3,(H,18,26)(H,20,22,25). The minimum atomic E-state index is -0.229. The lowest BCUT2D eigenvalue weighted by molar-refractivity contribution is -0.113. The highest BCUT2D eigenvalue weighted by atomic mass is 35.5. The van der Waals surface area contributed by atoms with Crippen LogP contribution in [0.4, 0.5) is 5.13 Å². The van der Waals surface area contributed by atoms with E-state index in [0.717, 1.165) is 0 Å². The smallest absolute Gasteiger partial charge is 0.251 e. The van der Waals surface area contributed by atoms with Crippen molar-refractivity contribution in [3.63, 3.8) is 0 Å². The minimum Gasteiger partial charge on any atom is -0.345 e. The van der Waals surface area contributed by atoms with Gasteiger partial charge in [-0.2, -0.15) is 0 Å². The third-order valence-corrected chi connectivity index (χ3v) is 5.39. The highest BCUT2D eigenvalue weighted by Gasteiger charge is 2.15. The van der Waals surface area contributed by atoms with E-state index in [9.17, 15) is 9.59 Å². The van der Waals surface area contributed by atoms with Gasteiger partial charge in [-0.15, -0.1) is 20.4 Å². The molecule has 2 amide bonds. The predicted molar refractivity (Wildman–Crippen MR) is 108 cm³/mol. The summed E-state index contributed by atoms with van der Waals surface area (Å²) >= 11 is 8.34. The SMILES string of the molecule is CCn1c(CNC(=O)c2ccc(Cl)cc2)nnc1SCC(=O)Nc1nncs1. The van der Waals surface area contributed by atoms with E-state index in [-0.39, 0.29) is 24.1 Å². The maximum absolute atomic E-state index is 12.2. The molecule has 146 valence electrons. The number of hydrogen-bond acceptors (Lipinski definition) is 8. The van der Waals surface area contributed by atoms with Crippen LogP contribution in [-0.4, -0.2) is 42.5 Å². The molecule has 2 aromatic heterocycles. The fourth-order valence-corrected chi connectivity index (χ4v) is 3.66. The van der Waals surface area contributed by atoms with Crippen molar-refractivity contribution in [3.05, 3.63) is 46.2 Å². The number of anilines is 1. The Morgan fingerprint density at radius 2 is 2.00 bits per heavy atom. The van der Waals surface area contributed by atoms with Gasteiger partial charge in [-0.1, -0.05) is 34.7 Å². The van der Waals surface area contributed by atoms with Crippen molar-refractivity contribution in [3.8, 4) is 0 Å². The van der Waals surface area contributed by atoms with E-state index in [1.54, 1.807) is 29.8 Å². The maximum Gasteiger partial charge on any atom is 0.251 e. The molecular weight excluding hydrogens is 422 g/mol. The van der Waals surface area contributed by atoms with Gasteiger partial charge in [0, 0.05) is 17.1 Å². The van der Waals surface area contributed by atoms with E-state index in [1.807, 2.05) is 11.5 Å². The molecule has 0 atom stereocenters. The van der Waals surface area contributed by atoms with Crippen LogP contribution < -0.4 is 10.6 Å². The van der Waals surface area contributed by atoms with E-state index >= 15 is 0 Å². The summed E-state index contributed by atoms with van der Waals surface area (Å²) in [6.45, 7) is 2.78. The van der Waals surface area contributed by atoms with Crippen LogP contribution in [0.15, 0.2) is 34.9 Å². The van der Waals surface area contributed by atoms with E-state index in [4.69, 9.17) is 11.6 Å². The molecule has 0 aliphatic rings. The van der Waals surface area contributed by atoms with Crippen LogP contribution in [0.25, 0.3) is 0 Å². The van der Waals surface area contributed by atoms with Gasteiger partial charge in [-0.3, -0.25) is 14.9 Å². The van der Waals surface area contributed by atoms with Crippen molar-refractivity contribution in [2.75, 3.05) is 11.1 Å². The second kappa shape index (κ2) is 9.62. The van der Waals surface area contributed by atoms with Gasteiger partial charge in [0.15, 0.2) is 11.0 Å². The summed E-state index contributed by atoms with van der Waals surface area (Å²) in [5, 5.41) is 22.8. The van der Waals surface area contributed by atoms with Crippen LogP contribution in [0.2, 0.25) is 5.02 Å². The number of hydrogen-bond donors (Lipinski definition) is 2. The summed E-state index contributed by atoms with van der Waals surface area (Å²) in [7, 11) is 0. The molecule has 0 spiro atoms. The second-order valence-corrected chi connectivity index (χ2v) is 7.63. The summed E-state index contributed by atoms with van der Waals surface area (Å²) in [5.74, 6) is 0.337. The van der Waals surface area contributed by atoms with Gasteiger partial charge in [-0.05, 0) is 31.2 Å².